The monoisotopic (exact) mass is 500 g/mol. The molecule has 4 rings (SSSR count). The smallest absolute Gasteiger partial charge is 0.296 e. The number of carbonyl (C=O) groups excluding carboxylic acids is 2. The second kappa shape index (κ2) is 9.48. The van der Waals surface area contributed by atoms with Crippen molar-refractivity contribution in [2.24, 2.45) is 0 Å². The number of benzene rings is 3. The third-order valence-electron chi connectivity index (χ3n) is 5.39. The number of Topliss-reactive ketones (excluding diaryl/α,β-unsaturated/α-hetero) is 1. The van der Waals surface area contributed by atoms with Crippen LogP contribution in [0.1, 0.15) is 21.6 Å². The average molecular weight is 502 g/mol. The van der Waals surface area contributed by atoms with E-state index in [-0.39, 0.29) is 0 Å². The van der Waals surface area contributed by atoms with Crippen molar-refractivity contribution in [1.29, 1.82) is 0 Å². The molecule has 5 nitrogen and oxygen atoms in total. The van der Waals surface area contributed by atoms with E-state index in [0.717, 1.165) is 11.1 Å². The second-order valence-electron chi connectivity index (χ2n) is 7.46. The number of hydrogen-bond donors (Lipinski definition) is 1. The molecule has 0 spiro atoms. The molecular formula is C25H19Cl3N2O3. The molecule has 1 heterocycles. The number of amides is 1. The third-order valence-corrected chi connectivity index (χ3v) is 6.21. The highest BCUT2D eigenvalue weighted by atomic mass is 35.5. The quantitative estimate of drug-likeness (QED) is 0.234. The Hall–Kier alpha value is -2.99. The van der Waals surface area contributed by atoms with E-state index in [0.29, 0.717) is 49.7 Å². The van der Waals surface area contributed by atoms with Gasteiger partial charge in [-0.05, 0) is 61.0 Å². The number of ether oxygens (including phenoxy) is 1. The molecule has 8 heteroatoms. The molecule has 0 saturated heterocycles. The lowest BCUT2D eigenvalue weighted by atomic mass is 10.1. The SMILES string of the molecule is COc1ccc2c(c1)c(C(=O)C(=O)Nc1cccc(Cl)c1)c(C)n2Cc1ccc(Cl)cc1Cl. The highest BCUT2D eigenvalue weighted by molar-refractivity contribution is 6.48. The summed E-state index contributed by atoms with van der Waals surface area (Å²) in [7, 11) is 1.55. The number of nitrogens with zero attached hydrogens (tertiary/aromatic N) is 1. The lowest BCUT2D eigenvalue weighted by molar-refractivity contribution is -0.112. The minimum atomic E-state index is -0.758. The Morgan fingerprint density at radius 1 is 0.970 bits per heavy atom. The fourth-order valence-electron chi connectivity index (χ4n) is 3.77. The predicted molar refractivity (Wildman–Crippen MR) is 133 cm³/mol. The van der Waals surface area contributed by atoms with Gasteiger partial charge in [-0.25, -0.2) is 0 Å². The fraction of sp³-hybridized carbons (Fsp3) is 0.120. The van der Waals surface area contributed by atoms with Crippen LogP contribution in [0, 0.1) is 6.92 Å². The van der Waals surface area contributed by atoms with E-state index in [1.807, 2.05) is 22.8 Å². The predicted octanol–water partition coefficient (Wildman–Crippen LogP) is 6.79. The van der Waals surface area contributed by atoms with Gasteiger partial charge in [-0.15, -0.1) is 0 Å². The van der Waals surface area contributed by atoms with Gasteiger partial charge in [0.1, 0.15) is 5.75 Å². The number of hydrogen-bond acceptors (Lipinski definition) is 3. The molecule has 0 aliphatic rings. The Balaban J connectivity index is 1.79. The van der Waals surface area contributed by atoms with Crippen molar-refractivity contribution in [2.75, 3.05) is 12.4 Å². The van der Waals surface area contributed by atoms with Crippen molar-refractivity contribution < 1.29 is 14.3 Å². The van der Waals surface area contributed by atoms with Crippen LogP contribution >= 0.6 is 34.8 Å². The number of anilines is 1. The number of fused-ring (bicyclic) bond motifs is 1. The van der Waals surface area contributed by atoms with Crippen molar-refractivity contribution in [3.05, 3.63) is 92.6 Å². The molecule has 0 bridgehead atoms. The number of ketones is 1. The molecule has 0 aliphatic heterocycles. The van der Waals surface area contributed by atoms with Crippen molar-refractivity contribution in [2.45, 2.75) is 13.5 Å². The standard InChI is InChI=1S/C25H19Cl3N2O3/c1-14-23(24(31)25(32)29-18-5-3-4-16(26)10-18)20-12-19(33-2)8-9-22(20)30(14)13-15-6-7-17(27)11-21(15)28/h3-12H,13H2,1-2H3,(H,29,32). The molecule has 168 valence electrons. The van der Waals surface area contributed by atoms with E-state index in [1.165, 1.54) is 0 Å². The molecule has 1 N–H and O–H groups in total. The lowest BCUT2D eigenvalue weighted by Crippen LogP contribution is -2.23. The molecular weight excluding hydrogens is 483 g/mol. The maximum absolute atomic E-state index is 13.3. The molecule has 4 aromatic rings. The van der Waals surface area contributed by atoms with E-state index in [1.54, 1.807) is 56.5 Å². The summed E-state index contributed by atoms with van der Waals surface area (Å²) >= 11 is 18.4. The normalized spacial score (nSPS) is 10.9. The minimum Gasteiger partial charge on any atom is -0.497 e. The van der Waals surface area contributed by atoms with Crippen molar-refractivity contribution >= 4 is 63.1 Å². The van der Waals surface area contributed by atoms with E-state index in [2.05, 4.69) is 5.32 Å². The van der Waals surface area contributed by atoms with Crippen LogP contribution in [-0.2, 0) is 11.3 Å². The number of carbonyl (C=O) groups is 2. The zero-order valence-electron chi connectivity index (χ0n) is 17.8. The van der Waals surface area contributed by atoms with Crippen molar-refractivity contribution in [1.82, 2.24) is 4.57 Å². The zero-order chi connectivity index (χ0) is 23.7. The molecule has 0 saturated carbocycles. The first-order chi connectivity index (χ1) is 15.8. The van der Waals surface area contributed by atoms with E-state index in [9.17, 15) is 9.59 Å². The molecule has 0 radical (unpaired) electrons. The van der Waals surface area contributed by atoms with Crippen molar-refractivity contribution in [3.8, 4) is 5.75 Å². The summed E-state index contributed by atoms with van der Waals surface area (Å²) in [6.45, 7) is 2.20. The Labute approximate surface area is 205 Å². The molecule has 33 heavy (non-hydrogen) atoms. The third kappa shape index (κ3) is 4.71. The fourth-order valence-corrected chi connectivity index (χ4v) is 4.43. The van der Waals surface area contributed by atoms with Gasteiger partial charge in [0.2, 0.25) is 0 Å². The summed E-state index contributed by atoms with van der Waals surface area (Å²) in [6.07, 6.45) is 0. The van der Waals surface area contributed by atoms with Gasteiger partial charge in [-0.1, -0.05) is 46.9 Å². The van der Waals surface area contributed by atoms with E-state index < -0.39 is 11.7 Å². The summed E-state index contributed by atoms with van der Waals surface area (Å²) < 4.78 is 7.30. The maximum atomic E-state index is 13.3. The molecule has 0 fully saturated rings. The number of methoxy groups -OCH3 is 1. The van der Waals surface area contributed by atoms with E-state index in [4.69, 9.17) is 39.5 Å². The first-order valence-corrected chi connectivity index (χ1v) is 11.1. The van der Waals surface area contributed by atoms with Crippen LogP contribution in [0.25, 0.3) is 10.9 Å². The Kier molecular flexibility index (Phi) is 6.66. The summed E-state index contributed by atoms with van der Waals surface area (Å²) in [6, 6.07) is 17.3. The minimum absolute atomic E-state index is 0.300. The first-order valence-electron chi connectivity index (χ1n) is 10.0. The lowest BCUT2D eigenvalue weighted by Gasteiger charge is -2.11. The van der Waals surface area contributed by atoms with Gasteiger partial charge in [-0.3, -0.25) is 9.59 Å². The first kappa shape index (κ1) is 23.2. The van der Waals surface area contributed by atoms with Gasteiger partial charge in [-0.2, -0.15) is 0 Å². The summed E-state index contributed by atoms with van der Waals surface area (Å²) in [4.78, 5) is 26.2. The van der Waals surface area contributed by atoms with Crippen LogP contribution in [-0.4, -0.2) is 23.4 Å². The molecule has 0 unspecified atom stereocenters. The van der Waals surface area contributed by atoms with Gasteiger partial charge in [0, 0.05) is 43.9 Å². The van der Waals surface area contributed by atoms with Crippen LogP contribution in [0.3, 0.4) is 0 Å². The Bertz CT molecular complexity index is 1400. The van der Waals surface area contributed by atoms with Gasteiger partial charge in [0.25, 0.3) is 11.7 Å². The van der Waals surface area contributed by atoms with Gasteiger partial charge in [0.15, 0.2) is 0 Å². The van der Waals surface area contributed by atoms with Gasteiger partial charge >= 0.3 is 0 Å². The Morgan fingerprint density at radius 3 is 2.42 bits per heavy atom. The highest BCUT2D eigenvalue weighted by Crippen LogP contribution is 2.32. The van der Waals surface area contributed by atoms with Crippen LogP contribution in [0.2, 0.25) is 15.1 Å². The van der Waals surface area contributed by atoms with Crippen LogP contribution < -0.4 is 10.1 Å². The second-order valence-corrected chi connectivity index (χ2v) is 8.74. The van der Waals surface area contributed by atoms with Crippen molar-refractivity contribution in [3.63, 3.8) is 0 Å². The summed E-state index contributed by atoms with van der Waals surface area (Å²) in [5.74, 6) is -0.841. The van der Waals surface area contributed by atoms with Crippen LogP contribution in [0.4, 0.5) is 5.69 Å². The summed E-state index contributed by atoms with van der Waals surface area (Å²) in [5.41, 5.74) is 2.98. The van der Waals surface area contributed by atoms with Gasteiger partial charge in [0.05, 0.1) is 12.7 Å². The number of aromatic nitrogens is 1. The zero-order valence-corrected chi connectivity index (χ0v) is 20.1. The molecule has 1 amide bonds. The molecule has 0 atom stereocenters. The number of rotatable bonds is 6. The average Bonchev–Trinajstić information content (AvgIpc) is 3.05. The number of nitrogens with one attached hydrogen (secondary N) is 1. The largest absolute Gasteiger partial charge is 0.497 e. The maximum Gasteiger partial charge on any atom is 0.296 e. The molecule has 0 aliphatic carbocycles. The molecule has 3 aromatic carbocycles. The highest BCUT2D eigenvalue weighted by Gasteiger charge is 2.26. The van der Waals surface area contributed by atoms with Gasteiger partial charge < -0.3 is 14.6 Å². The topological polar surface area (TPSA) is 60.3 Å². The van der Waals surface area contributed by atoms with Crippen LogP contribution in [0.5, 0.6) is 5.75 Å². The summed E-state index contributed by atoms with van der Waals surface area (Å²) in [5, 5.41) is 4.75. The van der Waals surface area contributed by atoms with E-state index >= 15 is 0 Å². The Morgan fingerprint density at radius 2 is 1.73 bits per heavy atom. The number of halogens is 3. The molecule has 1 aromatic heterocycles. The van der Waals surface area contributed by atoms with Crippen LogP contribution in [0.15, 0.2) is 60.7 Å².